The first-order chi connectivity index (χ1) is 33.9. The van der Waals surface area contributed by atoms with Gasteiger partial charge in [-0.3, -0.25) is 24.0 Å². The molecule has 0 fully saturated rings. The van der Waals surface area contributed by atoms with Gasteiger partial charge in [-0.25, -0.2) is 4.79 Å². The van der Waals surface area contributed by atoms with Crippen molar-refractivity contribution in [2.75, 3.05) is 23.4 Å². The highest BCUT2D eigenvalue weighted by atomic mass is 32.2. The Bertz CT molecular complexity index is 1590. The molecule has 1 aromatic rings. The van der Waals surface area contributed by atoms with Gasteiger partial charge in [-0.05, 0) is 85.1 Å². The Labute approximate surface area is 435 Å². The first-order valence-electron chi connectivity index (χ1n) is 28.0. The molecule has 0 aliphatic heterocycles. The largest absolute Gasteiger partial charge is 0.462 e. The molecule has 1 rings (SSSR count). The van der Waals surface area contributed by atoms with Crippen molar-refractivity contribution >= 4 is 53.1 Å². The van der Waals surface area contributed by atoms with Gasteiger partial charge in [-0.15, -0.1) is 0 Å². The Morgan fingerprint density at radius 1 is 0.521 bits per heavy atom. The number of thioether (sulfide) groups is 1. The van der Waals surface area contributed by atoms with Gasteiger partial charge < -0.3 is 29.6 Å². The molecule has 0 aromatic heterocycles. The Morgan fingerprint density at radius 2 is 0.958 bits per heavy atom. The lowest BCUT2D eigenvalue weighted by molar-refractivity contribution is -0.158. The predicted octanol–water partition coefficient (Wildman–Crippen LogP) is 14.7. The molecule has 2 amide bonds. The molecule has 13 heteroatoms. The Balaban J connectivity index is 2.62. The fraction of sp³-hybridized carbons (Fsp3) is 0.793. The number of carbonyl (C=O) groups is 6. The van der Waals surface area contributed by atoms with Crippen LogP contribution in [0.5, 0.6) is 0 Å². The van der Waals surface area contributed by atoms with Crippen molar-refractivity contribution in [1.29, 1.82) is 0 Å². The number of amides is 2. The van der Waals surface area contributed by atoms with Gasteiger partial charge in [0.15, 0.2) is 0 Å². The zero-order valence-electron chi connectivity index (χ0n) is 46.0. The summed E-state index contributed by atoms with van der Waals surface area (Å²) in [6.07, 6.45) is 32.1. The normalized spacial score (nSPS) is 12.5. The van der Waals surface area contributed by atoms with Crippen LogP contribution in [-0.4, -0.2) is 77.2 Å². The van der Waals surface area contributed by atoms with E-state index in [4.69, 9.17) is 18.9 Å². The molecular formula is C58H100N2O10S. The molecule has 0 aliphatic carbocycles. The molecule has 2 N–H and O–H groups in total. The molecule has 0 saturated heterocycles. The second-order valence-corrected chi connectivity index (χ2v) is 22.6. The fourth-order valence-corrected chi connectivity index (χ4v) is 8.94. The van der Waals surface area contributed by atoms with Crippen molar-refractivity contribution in [2.45, 2.75) is 278 Å². The minimum atomic E-state index is -1.08. The first-order valence-corrected chi connectivity index (χ1v) is 29.2. The van der Waals surface area contributed by atoms with E-state index in [1.807, 2.05) is 0 Å². The summed E-state index contributed by atoms with van der Waals surface area (Å²) in [5.41, 5.74) is -0.750. The van der Waals surface area contributed by atoms with Crippen LogP contribution in [0.4, 0.5) is 5.69 Å². The summed E-state index contributed by atoms with van der Waals surface area (Å²) in [6.45, 7) is 14.9. The topological polar surface area (TPSA) is 163 Å². The Hall–Kier alpha value is -3.61. The quantitative estimate of drug-likeness (QED) is 0.0363. The lowest BCUT2D eigenvalue weighted by atomic mass is 10.0. The Morgan fingerprint density at radius 3 is 1.41 bits per heavy atom. The van der Waals surface area contributed by atoms with Gasteiger partial charge in [-0.2, -0.15) is 11.8 Å². The van der Waals surface area contributed by atoms with E-state index >= 15 is 0 Å². The molecule has 0 saturated carbocycles. The van der Waals surface area contributed by atoms with Crippen LogP contribution in [0.2, 0.25) is 0 Å². The van der Waals surface area contributed by atoms with Crippen molar-refractivity contribution in [3.63, 3.8) is 0 Å². The third kappa shape index (κ3) is 39.6. The number of carbonyl (C=O) groups excluding carboxylic acids is 6. The number of ether oxygens (including phenoxy) is 4. The zero-order chi connectivity index (χ0) is 52.6. The van der Waals surface area contributed by atoms with Gasteiger partial charge in [-0.1, -0.05) is 168 Å². The van der Waals surface area contributed by atoms with Gasteiger partial charge in [0.1, 0.15) is 30.0 Å². The van der Waals surface area contributed by atoms with Crippen LogP contribution in [0.3, 0.4) is 0 Å². The van der Waals surface area contributed by atoms with Crippen LogP contribution < -0.4 is 10.6 Å². The van der Waals surface area contributed by atoms with Gasteiger partial charge in [0.2, 0.25) is 5.91 Å². The molecule has 2 atom stereocenters. The molecule has 408 valence electrons. The lowest BCUT2D eigenvalue weighted by Gasteiger charge is -2.25. The fourth-order valence-electron chi connectivity index (χ4n) is 8.02. The number of nitrogens with one attached hydrogen (secondary N) is 2. The molecule has 1 aromatic carbocycles. The molecule has 0 spiro atoms. The van der Waals surface area contributed by atoms with Crippen LogP contribution in [0.15, 0.2) is 24.3 Å². The maximum Gasteiger partial charge on any atom is 0.329 e. The summed E-state index contributed by atoms with van der Waals surface area (Å²) >= 11 is 1.46. The number of benzene rings is 1. The van der Waals surface area contributed by atoms with Gasteiger partial charge in [0.25, 0.3) is 5.91 Å². The van der Waals surface area contributed by atoms with E-state index in [1.54, 1.807) is 53.7 Å². The standard InChI is InChI=1S/C58H100N2O10S/c1-9-11-13-15-17-19-21-23-25-27-29-31-33-35-52(62)67-45-49(68-53(63)36-34-32-30-28-26-24-22-20-18-16-14-12-10-2)46-71-44-43-51(61)59-48-39-37-47(38-40-48)55(65)60-50(56(66)70-58(6,7)8)41-42-54(64)69-57(3,4)5/h37-40,49-50H,9-36,41-46H2,1-8H3,(H,59,61)(H,60,65)/t49-,50+/m1/s1. The van der Waals surface area contributed by atoms with E-state index in [0.717, 1.165) is 38.5 Å². The summed E-state index contributed by atoms with van der Waals surface area (Å²) in [5.74, 6) is -1.66. The molecule has 0 heterocycles. The van der Waals surface area contributed by atoms with Gasteiger partial charge in [0, 0.05) is 48.4 Å². The minimum Gasteiger partial charge on any atom is -0.462 e. The summed E-state index contributed by atoms with van der Waals surface area (Å²) in [6, 6.07) is 5.19. The highest BCUT2D eigenvalue weighted by molar-refractivity contribution is 7.99. The van der Waals surface area contributed by atoms with E-state index < -0.39 is 41.2 Å². The minimum absolute atomic E-state index is 0.00487. The van der Waals surface area contributed by atoms with Crippen molar-refractivity contribution in [3.8, 4) is 0 Å². The summed E-state index contributed by atoms with van der Waals surface area (Å²) in [4.78, 5) is 77.2. The van der Waals surface area contributed by atoms with E-state index in [0.29, 0.717) is 30.0 Å². The monoisotopic (exact) mass is 1020 g/mol. The summed E-state index contributed by atoms with van der Waals surface area (Å²) in [7, 11) is 0. The maximum absolute atomic E-state index is 13.2. The Kier molecular flexibility index (Phi) is 37.6. The molecule has 0 unspecified atom stereocenters. The van der Waals surface area contributed by atoms with Crippen LogP contribution in [0.1, 0.15) is 265 Å². The molecule has 71 heavy (non-hydrogen) atoms. The first kappa shape index (κ1) is 65.4. The van der Waals surface area contributed by atoms with Crippen molar-refractivity contribution in [3.05, 3.63) is 29.8 Å². The van der Waals surface area contributed by atoms with E-state index in [1.165, 1.54) is 152 Å². The number of unbranched alkanes of at least 4 members (excludes halogenated alkanes) is 24. The van der Waals surface area contributed by atoms with E-state index in [9.17, 15) is 28.8 Å². The number of esters is 4. The molecule has 0 bridgehead atoms. The number of hydrogen-bond acceptors (Lipinski definition) is 11. The van der Waals surface area contributed by atoms with Crippen LogP contribution in [0.25, 0.3) is 0 Å². The lowest BCUT2D eigenvalue weighted by Crippen LogP contribution is -2.44. The second-order valence-electron chi connectivity index (χ2n) is 21.4. The van der Waals surface area contributed by atoms with Gasteiger partial charge in [0.05, 0.1) is 0 Å². The van der Waals surface area contributed by atoms with Gasteiger partial charge >= 0.3 is 23.9 Å². The SMILES string of the molecule is CCCCCCCCCCCCCCCC(=O)OC[C@H](CSCCC(=O)Nc1ccc(C(=O)N[C@@H](CCC(=O)OC(C)(C)C)C(=O)OC(C)(C)C)cc1)OC(=O)CCCCCCCCCCCCCCC. The van der Waals surface area contributed by atoms with Crippen LogP contribution in [-0.2, 0) is 42.9 Å². The number of anilines is 1. The average molecular weight is 1020 g/mol. The maximum atomic E-state index is 13.2. The number of hydrogen-bond donors (Lipinski definition) is 2. The number of rotatable bonds is 43. The molecule has 12 nitrogen and oxygen atoms in total. The summed E-state index contributed by atoms with van der Waals surface area (Å²) in [5, 5.41) is 5.54. The zero-order valence-corrected chi connectivity index (χ0v) is 46.8. The highest BCUT2D eigenvalue weighted by Gasteiger charge is 2.29. The average Bonchev–Trinajstić information content (AvgIpc) is 3.30. The third-order valence-electron chi connectivity index (χ3n) is 12.0. The molecule has 0 aliphatic rings. The van der Waals surface area contributed by atoms with Crippen LogP contribution >= 0.6 is 11.8 Å². The highest BCUT2D eigenvalue weighted by Crippen LogP contribution is 2.19. The predicted molar refractivity (Wildman–Crippen MR) is 291 cm³/mol. The second kappa shape index (κ2) is 40.8. The molecule has 0 radical (unpaired) electrons. The van der Waals surface area contributed by atoms with Crippen molar-refractivity contribution < 1.29 is 47.7 Å². The third-order valence-corrected chi connectivity index (χ3v) is 13.1. The van der Waals surface area contributed by atoms with Crippen molar-refractivity contribution in [1.82, 2.24) is 5.32 Å². The van der Waals surface area contributed by atoms with E-state index in [2.05, 4.69) is 24.5 Å². The van der Waals surface area contributed by atoms with Crippen LogP contribution in [0, 0.1) is 0 Å². The summed E-state index contributed by atoms with van der Waals surface area (Å²) < 4.78 is 22.4. The molecular weight excluding hydrogens is 917 g/mol. The van der Waals surface area contributed by atoms with E-state index in [-0.39, 0.29) is 49.3 Å². The van der Waals surface area contributed by atoms with Crippen molar-refractivity contribution in [2.24, 2.45) is 0 Å². The smallest absolute Gasteiger partial charge is 0.329 e.